The lowest BCUT2D eigenvalue weighted by molar-refractivity contribution is -0.374. The van der Waals surface area contributed by atoms with Crippen LogP contribution in [0.4, 0.5) is 24.7 Å². The first-order valence-corrected chi connectivity index (χ1v) is 9.05. The van der Waals surface area contributed by atoms with Gasteiger partial charge in [-0.05, 0) is 55.5 Å². The van der Waals surface area contributed by atoms with Gasteiger partial charge in [-0.2, -0.15) is 13.2 Å². The van der Waals surface area contributed by atoms with Crippen molar-refractivity contribution in [3.63, 3.8) is 0 Å². The Morgan fingerprint density at radius 1 is 1.03 bits per heavy atom. The summed E-state index contributed by atoms with van der Waals surface area (Å²) in [5.41, 5.74) is 1.43. The van der Waals surface area contributed by atoms with Gasteiger partial charge >= 0.3 is 6.18 Å². The number of hydrogen-bond donors (Lipinski definition) is 1. The number of benzene rings is 2. The zero-order valence-electron chi connectivity index (χ0n) is 15.8. The van der Waals surface area contributed by atoms with E-state index in [9.17, 15) is 23.3 Å². The molecule has 152 valence electrons. The lowest BCUT2D eigenvalue weighted by Crippen LogP contribution is -2.20. The number of alkyl halides is 3. The van der Waals surface area contributed by atoms with Gasteiger partial charge in [-0.1, -0.05) is 18.2 Å². The summed E-state index contributed by atoms with van der Waals surface area (Å²) >= 11 is 0. The topological polar surface area (TPSA) is 62.2 Å². The van der Waals surface area contributed by atoms with Crippen molar-refractivity contribution in [3.8, 4) is 0 Å². The average Bonchev–Trinajstić information content (AvgIpc) is 3.22. The third-order valence-corrected chi connectivity index (χ3v) is 4.89. The molecule has 0 unspecified atom stereocenters. The van der Waals surface area contributed by atoms with Crippen molar-refractivity contribution in [2.75, 3.05) is 4.90 Å². The van der Waals surface area contributed by atoms with Crippen molar-refractivity contribution >= 4 is 22.8 Å². The lowest BCUT2D eigenvalue weighted by atomic mass is 9.93. The Balaban J connectivity index is 1.92. The van der Waals surface area contributed by atoms with E-state index >= 15 is 0 Å². The molecule has 0 fully saturated rings. The second-order valence-corrected chi connectivity index (χ2v) is 6.79. The summed E-state index contributed by atoms with van der Waals surface area (Å²) in [4.78, 5) is 16.5. The summed E-state index contributed by atoms with van der Waals surface area (Å²) < 4.78 is 38.7. The highest BCUT2D eigenvalue weighted by Crippen LogP contribution is 2.43. The number of nitro groups is 1. The molecule has 0 saturated carbocycles. The second kappa shape index (κ2) is 7.22. The maximum absolute atomic E-state index is 12.9. The fourth-order valence-electron chi connectivity index (χ4n) is 3.59. The molecule has 3 aromatic rings. The SMILES string of the molecule is CC1=C/C(=C(\c2ccc(C(F)(F)F)cc2)[N+](=O)[O-])c2ccccc2N1c1ccc[nH]1. The van der Waals surface area contributed by atoms with Gasteiger partial charge < -0.3 is 9.88 Å². The highest BCUT2D eigenvalue weighted by atomic mass is 19.4. The third kappa shape index (κ3) is 3.36. The zero-order chi connectivity index (χ0) is 21.5. The van der Waals surface area contributed by atoms with Crippen LogP contribution in [0.5, 0.6) is 0 Å². The number of allylic oxidation sites excluding steroid dienone is 3. The number of aromatic amines is 1. The number of aromatic nitrogens is 1. The molecule has 4 rings (SSSR count). The number of H-pyrrole nitrogens is 1. The van der Waals surface area contributed by atoms with Crippen LogP contribution in [-0.4, -0.2) is 9.91 Å². The van der Waals surface area contributed by atoms with Crippen LogP contribution >= 0.6 is 0 Å². The van der Waals surface area contributed by atoms with Gasteiger partial charge in [-0.3, -0.25) is 10.1 Å². The van der Waals surface area contributed by atoms with E-state index in [1.54, 1.807) is 24.4 Å². The van der Waals surface area contributed by atoms with Crippen LogP contribution in [0.1, 0.15) is 23.6 Å². The molecule has 2 heterocycles. The molecule has 0 atom stereocenters. The molecule has 0 saturated heterocycles. The van der Waals surface area contributed by atoms with Crippen LogP contribution in [-0.2, 0) is 6.18 Å². The first kappa shape index (κ1) is 19.5. The van der Waals surface area contributed by atoms with E-state index in [1.807, 2.05) is 36.1 Å². The Labute approximate surface area is 169 Å². The van der Waals surface area contributed by atoms with Crippen molar-refractivity contribution in [2.24, 2.45) is 0 Å². The van der Waals surface area contributed by atoms with Crippen molar-refractivity contribution in [3.05, 3.63) is 105 Å². The Morgan fingerprint density at radius 3 is 2.33 bits per heavy atom. The van der Waals surface area contributed by atoms with E-state index in [1.165, 1.54) is 0 Å². The number of rotatable bonds is 3. The molecule has 1 aliphatic rings. The first-order chi connectivity index (χ1) is 14.3. The van der Waals surface area contributed by atoms with E-state index in [0.717, 1.165) is 41.5 Å². The molecule has 0 bridgehead atoms. The van der Waals surface area contributed by atoms with Crippen LogP contribution in [0, 0.1) is 10.1 Å². The number of halogens is 3. The number of fused-ring (bicyclic) bond motifs is 1. The molecular formula is C22H16F3N3O2. The van der Waals surface area contributed by atoms with E-state index < -0.39 is 16.7 Å². The van der Waals surface area contributed by atoms with Crippen LogP contribution < -0.4 is 4.90 Å². The molecule has 0 amide bonds. The van der Waals surface area contributed by atoms with E-state index in [-0.39, 0.29) is 11.3 Å². The van der Waals surface area contributed by atoms with Gasteiger partial charge in [0.25, 0.3) is 5.70 Å². The summed E-state index contributed by atoms with van der Waals surface area (Å²) in [6.45, 7) is 1.82. The minimum atomic E-state index is -4.51. The Kier molecular flexibility index (Phi) is 4.69. The molecule has 2 aromatic carbocycles. The first-order valence-electron chi connectivity index (χ1n) is 9.05. The quantitative estimate of drug-likeness (QED) is 0.410. The summed E-state index contributed by atoms with van der Waals surface area (Å²) in [5.74, 6) is 0.799. The van der Waals surface area contributed by atoms with Gasteiger partial charge in [0.05, 0.1) is 27.3 Å². The molecule has 8 heteroatoms. The molecule has 30 heavy (non-hydrogen) atoms. The van der Waals surface area contributed by atoms with E-state index in [0.29, 0.717) is 11.1 Å². The Bertz CT molecular complexity index is 1160. The Morgan fingerprint density at radius 2 is 1.73 bits per heavy atom. The highest BCUT2D eigenvalue weighted by molar-refractivity contribution is 6.00. The number of para-hydroxylation sites is 1. The molecule has 5 nitrogen and oxygen atoms in total. The molecule has 1 N–H and O–H groups in total. The van der Waals surface area contributed by atoms with Gasteiger partial charge in [-0.25, -0.2) is 0 Å². The largest absolute Gasteiger partial charge is 0.416 e. The second-order valence-electron chi connectivity index (χ2n) is 6.79. The smallest absolute Gasteiger partial charge is 0.348 e. The van der Waals surface area contributed by atoms with Crippen molar-refractivity contribution in [1.29, 1.82) is 0 Å². The molecular weight excluding hydrogens is 395 g/mol. The normalized spacial score (nSPS) is 15.5. The zero-order valence-corrected chi connectivity index (χ0v) is 15.8. The molecule has 1 aliphatic heterocycles. The average molecular weight is 411 g/mol. The predicted octanol–water partition coefficient (Wildman–Crippen LogP) is 6.23. The maximum atomic E-state index is 12.9. The van der Waals surface area contributed by atoms with Crippen molar-refractivity contribution < 1.29 is 18.1 Å². The predicted molar refractivity (Wildman–Crippen MR) is 108 cm³/mol. The summed E-state index contributed by atoms with van der Waals surface area (Å²) in [6.07, 6.45) is -1.05. The minimum Gasteiger partial charge on any atom is -0.348 e. The van der Waals surface area contributed by atoms with Crippen LogP contribution in [0.3, 0.4) is 0 Å². The summed E-state index contributed by atoms with van der Waals surface area (Å²) in [5, 5.41) is 12.0. The molecule has 0 spiro atoms. The van der Waals surface area contributed by atoms with Crippen LogP contribution in [0.25, 0.3) is 11.3 Å². The Hall–Kier alpha value is -3.81. The molecule has 0 aliphatic carbocycles. The fourth-order valence-corrected chi connectivity index (χ4v) is 3.59. The van der Waals surface area contributed by atoms with Gasteiger partial charge in [0, 0.05) is 17.5 Å². The van der Waals surface area contributed by atoms with Crippen LogP contribution in [0.15, 0.2) is 78.6 Å². The van der Waals surface area contributed by atoms with Gasteiger partial charge in [0.15, 0.2) is 0 Å². The van der Waals surface area contributed by atoms with Crippen molar-refractivity contribution in [1.82, 2.24) is 4.98 Å². The van der Waals surface area contributed by atoms with E-state index in [4.69, 9.17) is 0 Å². The number of nitrogens with one attached hydrogen (secondary N) is 1. The van der Waals surface area contributed by atoms with Crippen molar-refractivity contribution in [2.45, 2.75) is 13.1 Å². The molecule has 0 radical (unpaired) electrons. The number of nitrogens with zero attached hydrogens (tertiary/aromatic N) is 2. The monoisotopic (exact) mass is 411 g/mol. The summed E-state index contributed by atoms with van der Waals surface area (Å²) in [6, 6.07) is 14.9. The van der Waals surface area contributed by atoms with E-state index in [2.05, 4.69) is 4.98 Å². The van der Waals surface area contributed by atoms with Gasteiger partial charge in [-0.15, -0.1) is 0 Å². The minimum absolute atomic E-state index is 0.107. The standard InChI is InChI=1S/C22H16F3N3O2/c1-14-13-18(17-5-2-3-6-19(17)27(14)20-7-4-12-26-20)21(28(29)30)15-8-10-16(11-9-15)22(23,24)25/h2-13,26H,1H3/b21-18-. The van der Waals surface area contributed by atoms with Gasteiger partial charge in [0.1, 0.15) is 5.82 Å². The maximum Gasteiger partial charge on any atom is 0.416 e. The third-order valence-electron chi connectivity index (χ3n) is 4.89. The van der Waals surface area contributed by atoms with Crippen LogP contribution in [0.2, 0.25) is 0 Å². The number of hydrogen-bond acceptors (Lipinski definition) is 3. The van der Waals surface area contributed by atoms with Gasteiger partial charge in [0.2, 0.25) is 0 Å². The fraction of sp³-hybridized carbons (Fsp3) is 0.0909. The highest BCUT2D eigenvalue weighted by Gasteiger charge is 2.32. The number of anilines is 2. The summed E-state index contributed by atoms with van der Waals surface area (Å²) in [7, 11) is 0. The molecule has 1 aromatic heterocycles. The lowest BCUT2D eigenvalue weighted by Gasteiger charge is -2.30.